The monoisotopic (exact) mass is 343 g/mol. The summed E-state index contributed by atoms with van der Waals surface area (Å²) in [5.41, 5.74) is 2.01. The van der Waals surface area contributed by atoms with E-state index in [9.17, 15) is 4.79 Å². The van der Waals surface area contributed by atoms with Gasteiger partial charge < -0.3 is 19.5 Å². The molecule has 5 heteroatoms. The van der Waals surface area contributed by atoms with Crippen molar-refractivity contribution < 1.29 is 19.0 Å². The molecule has 25 heavy (non-hydrogen) atoms. The van der Waals surface area contributed by atoms with E-state index in [0.29, 0.717) is 37.5 Å². The van der Waals surface area contributed by atoms with Crippen LogP contribution in [0.25, 0.3) is 0 Å². The van der Waals surface area contributed by atoms with Crippen LogP contribution < -0.4 is 19.5 Å². The van der Waals surface area contributed by atoms with Gasteiger partial charge in [0, 0.05) is 18.5 Å². The highest BCUT2D eigenvalue weighted by Gasteiger charge is 2.08. The average molecular weight is 343 g/mol. The van der Waals surface area contributed by atoms with Gasteiger partial charge in [0.05, 0.1) is 20.8 Å². The van der Waals surface area contributed by atoms with E-state index in [1.165, 1.54) is 0 Å². The lowest BCUT2D eigenvalue weighted by atomic mass is 10.1. The standard InChI is InChI=1S/C20H25NO4/c1-4-25-17-8-6-5-7-16(17)14-21-20(22)12-10-15-9-11-18(23-2)19(13-15)24-3/h5-9,11,13H,4,10,12,14H2,1-3H3,(H,21,22). The molecule has 2 aromatic rings. The normalized spacial score (nSPS) is 10.2. The molecule has 0 aliphatic carbocycles. The summed E-state index contributed by atoms with van der Waals surface area (Å²) >= 11 is 0. The van der Waals surface area contributed by atoms with E-state index >= 15 is 0 Å². The lowest BCUT2D eigenvalue weighted by Crippen LogP contribution is -2.23. The number of para-hydroxylation sites is 1. The maximum absolute atomic E-state index is 12.1. The molecule has 0 bridgehead atoms. The van der Waals surface area contributed by atoms with Crippen LogP contribution in [0.1, 0.15) is 24.5 Å². The summed E-state index contributed by atoms with van der Waals surface area (Å²) in [7, 11) is 3.20. The number of hydrogen-bond donors (Lipinski definition) is 1. The Morgan fingerprint density at radius 2 is 1.76 bits per heavy atom. The SMILES string of the molecule is CCOc1ccccc1CNC(=O)CCc1ccc(OC)c(OC)c1. The molecule has 1 amide bonds. The lowest BCUT2D eigenvalue weighted by Gasteiger charge is -2.11. The van der Waals surface area contributed by atoms with Gasteiger partial charge in [-0.1, -0.05) is 24.3 Å². The molecule has 2 aromatic carbocycles. The average Bonchev–Trinajstić information content (AvgIpc) is 2.65. The molecule has 0 radical (unpaired) electrons. The minimum Gasteiger partial charge on any atom is -0.494 e. The van der Waals surface area contributed by atoms with Crippen LogP contribution in [0.5, 0.6) is 17.2 Å². The molecule has 0 saturated heterocycles. The fourth-order valence-corrected chi connectivity index (χ4v) is 2.52. The molecule has 0 aliphatic heterocycles. The van der Waals surface area contributed by atoms with Crippen LogP contribution in [0, 0.1) is 0 Å². The molecular formula is C20H25NO4. The molecule has 0 spiro atoms. The molecule has 0 unspecified atom stereocenters. The van der Waals surface area contributed by atoms with E-state index in [-0.39, 0.29) is 5.91 Å². The highest BCUT2D eigenvalue weighted by atomic mass is 16.5. The van der Waals surface area contributed by atoms with Gasteiger partial charge in [0.1, 0.15) is 5.75 Å². The van der Waals surface area contributed by atoms with Crippen LogP contribution >= 0.6 is 0 Å². The molecular weight excluding hydrogens is 318 g/mol. The van der Waals surface area contributed by atoms with Gasteiger partial charge in [-0.2, -0.15) is 0 Å². The summed E-state index contributed by atoms with van der Waals surface area (Å²) in [4.78, 5) is 12.1. The Morgan fingerprint density at radius 1 is 1.00 bits per heavy atom. The summed E-state index contributed by atoms with van der Waals surface area (Å²) in [6.07, 6.45) is 1.05. The first-order valence-electron chi connectivity index (χ1n) is 8.36. The summed E-state index contributed by atoms with van der Waals surface area (Å²) in [6, 6.07) is 13.4. The van der Waals surface area contributed by atoms with E-state index in [1.807, 2.05) is 49.4 Å². The van der Waals surface area contributed by atoms with Crippen molar-refractivity contribution in [1.82, 2.24) is 5.32 Å². The molecule has 0 saturated carbocycles. The first-order valence-corrected chi connectivity index (χ1v) is 8.36. The third kappa shape index (κ3) is 5.41. The molecule has 0 atom stereocenters. The van der Waals surface area contributed by atoms with Gasteiger partial charge in [-0.3, -0.25) is 4.79 Å². The van der Waals surface area contributed by atoms with E-state index in [1.54, 1.807) is 14.2 Å². The van der Waals surface area contributed by atoms with Gasteiger partial charge in [0.15, 0.2) is 11.5 Å². The minimum atomic E-state index is 0.00101. The lowest BCUT2D eigenvalue weighted by molar-refractivity contribution is -0.121. The van der Waals surface area contributed by atoms with Crippen LogP contribution in [0.2, 0.25) is 0 Å². The maximum atomic E-state index is 12.1. The van der Waals surface area contributed by atoms with E-state index < -0.39 is 0 Å². The summed E-state index contributed by atoms with van der Waals surface area (Å²) < 4.78 is 16.1. The van der Waals surface area contributed by atoms with E-state index in [2.05, 4.69) is 5.32 Å². The molecule has 0 fully saturated rings. The van der Waals surface area contributed by atoms with Crippen molar-refractivity contribution >= 4 is 5.91 Å². The number of nitrogens with one attached hydrogen (secondary N) is 1. The largest absolute Gasteiger partial charge is 0.494 e. The van der Waals surface area contributed by atoms with E-state index in [0.717, 1.165) is 16.9 Å². The molecule has 134 valence electrons. The summed E-state index contributed by atoms with van der Waals surface area (Å²) in [5, 5.41) is 2.94. The molecule has 2 rings (SSSR count). The number of methoxy groups -OCH3 is 2. The summed E-state index contributed by atoms with van der Waals surface area (Å²) in [5.74, 6) is 2.17. The van der Waals surface area contributed by atoms with Crippen molar-refractivity contribution in [2.45, 2.75) is 26.3 Å². The second kappa shape index (κ2) is 9.57. The Bertz CT molecular complexity index is 700. The zero-order chi connectivity index (χ0) is 18.1. The van der Waals surface area contributed by atoms with Gasteiger partial charge in [-0.15, -0.1) is 0 Å². The van der Waals surface area contributed by atoms with Crippen molar-refractivity contribution in [3.05, 3.63) is 53.6 Å². The maximum Gasteiger partial charge on any atom is 0.220 e. The Labute approximate surface area is 148 Å². The van der Waals surface area contributed by atoms with Gasteiger partial charge in [-0.05, 0) is 37.1 Å². The zero-order valence-corrected chi connectivity index (χ0v) is 15.0. The Morgan fingerprint density at radius 3 is 2.48 bits per heavy atom. The number of amides is 1. The fourth-order valence-electron chi connectivity index (χ4n) is 2.52. The van der Waals surface area contributed by atoms with Gasteiger partial charge in [-0.25, -0.2) is 0 Å². The number of carbonyl (C=O) groups excluding carboxylic acids is 1. The van der Waals surface area contributed by atoms with Crippen LogP contribution in [0.3, 0.4) is 0 Å². The van der Waals surface area contributed by atoms with Crippen molar-refractivity contribution in [2.24, 2.45) is 0 Å². The molecule has 0 aromatic heterocycles. The molecule has 0 heterocycles. The number of ether oxygens (including phenoxy) is 3. The number of hydrogen-bond acceptors (Lipinski definition) is 4. The Kier molecular flexibility index (Phi) is 7.14. The summed E-state index contributed by atoms with van der Waals surface area (Å²) in [6.45, 7) is 3.00. The van der Waals surface area contributed by atoms with Crippen molar-refractivity contribution in [3.8, 4) is 17.2 Å². The first kappa shape index (κ1) is 18.6. The molecule has 0 aliphatic rings. The van der Waals surface area contributed by atoms with Crippen LogP contribution in [-0.2, 0) is 17.8 Å². The third-order valence-corrected chi connectivity index (χ3v) is 3.84. The van der Waals surface area contributed by atoms with Gasteiger partial charge >= 0.3 is 0 Å². The number of benzene rings is 2. The van der Waals surface area contributed by atoms with Crippen molar-refractivity contribution in [3.63, 3.8) is 0 Å². The molecule has 5 nitrogen and oxygen atoms in total. The van der Waals surface area contributed by atoms with Crippen LogP contribution in [0.4, 0.5) is 0 Å². The molecule has 1 N–H and O–H groups in total. The number of aryl methyl sites for hydroxylation is 1. The first-order chi connectivity index (χ1) is 12.2. The Balaban J connectivity index is 1.87. The number of carbonyl (C=O) groups is 1. The Hall–Kier alpha value is -2.69. The predicted octanol–water partition coefficient (Wildman–Crippen LogP) is 3.35. The van der Waals surface area contributed by atoms with E-state index in [4.69, 9.17) is 14.2 Å². The quantitative estimate of drug-likeness (QED) is 0.759. The van der Waals surface area contributed by atoms with Gasteiger partial charge in [0.25, 0.3) is 0 Å². The second-order valence-electron chi connectivity index (χ2n) is 5.51. The van der Waals surface area contributed by atoms with Crippen LogP contribution in [0.15, 0.2) is 42.5 Å². The van der Waals surface area contributed by atoms with Crippen molar-refractivity contribution in [2.75, 3.05) is 20.8 Å². The predicted molar refractivity (Wildman–Crippen MR) is 97.3 cm³/mol. The fraction of sp³-hybridized carbons (Fsp3) is 0.350. The van der Waals surface area contributed by atoms with Crippen LogP contribution in [-0.4, -0.2) is 26.7 Å². The van der Waals surface area contributed by atoms with Crippen molar-refractivity contribution in [1.29, 1.82) is 0 Å². The highest BCUT2D eigenvalue weighted by Crippen LogP contribution is 2.28. The minimum absolute atomic E-state index is 0.00101. The smallest absolute Gasteiger partial charge is 0.220 e. The topological polar surface area (TPSA) is 56.8 Å². The number of rotatable bonds is 9. The zero-order valence-electron chi connectivity index (χ0n) is 15.0. The van der Waals surface area contributed by atoms with Gasteiger partial charge in [0.2, 0.25) is 5.91 Å². The second-order valence-corrected chi connectivity index (χ2v) is 5.51. The third-order valence-electron chi connectivity index (χ3n) is 3.84. The highest BCUT2D eigenvalue weighted by molar-refractivity contribution is 5.76.